The van der Waals surface area contributed by atoms with Crippen molar-refractivity contribution in [3.05, 3.63) is 67.8 Å². The molecule has 0 amide bonds. The van der Waals surface area contributed by atoms with Crippen molar-refractivity contribution in [3.63, 3.8) is 0 Å². The van der Waals surface area contributed by atoms with Gasteiger partial charge in [0.1, 0.15) is 5.60 Å². The van der Waals surface area contributed by atoms with Crippen LogP contribution in [0, 0.1) is 0 Å². The van der Waals surface area contributed by atoms with Gasteiger partial charge in [-0.2, -0.15) is 0 Å². The fourth-order valence-corrected chi connectivity index (χ4v) is 6.97. The minimum Gasteiger partial charge on any atom is -0.481 e. The smallest absolute Gasteiger partial charge is 0.310 e. The van der Waals surface area contributed by atoms with E-state index in [1.54, 1.807) is 0 Å². The van der Waals surface area contributed by atoms with E-state index in [9.17, 15) is 9.59 Å². The minimum atomic E-state index is -0.686. The first-order chi connectivity index (χ1) is 17.2. The summed E-state index contributed by atoms with van der Waals surface area (Å²) in [5.74, 6) is -0.763. The van der Waals surface area contributed by atoms with Crippen LogP contribution in [0.3, 0.4) is 0 Å². The van der Waals surface area contributed by atoms with Gasteiger partial charge >= 0.3 is 11.9 Å². The molecular weight excluding hydrogens is 448 g/mol. The number of carboxylic acids is 1. The lowest BCUT2D eigenvalue weighted by Gasteiger charge is -2.21. The van der Waals surface area contributed by atoms with Crippen molar-refractivity contribution < 1.29 is 19.4 Å². The number of carbonyl (C=O) groups excluding carboxylic acids is 1. The van der Waals surface area contributed by atoms with E-state index in [4.69, 9.17) is 9.84 Å². The van der Waals surface area contributed by atoms with Gasteiger partial charge < -0.3 is 9.84 Å². The zero-order valence-electron chi connectivity index (χ0n) is 22.2. The van der Waals surface area contributed by atoms with E-state index in [1.807, 2.05) is 20.8 Å². The molecule has 192 valence electrons. The normalized spacial score (nSPS) is 17.1. The summed E-state index contributed by atoms with van der Waals surface area (Å²) < 4.78 is 5.52. The third-order valence-corrected chi connectivity index (χ3v) is 8.27. The largest absolute Gasteiger partial charge is 0.481 e. The Labute approximate surface area is 215 Å². The number of carboxylic acid groups (broad SMARTS) is 1. The maximum absolute atomic E-state index is 12.2. The molecule has 0 atom stereocenters. The molecule has 4 heteroatoms. The third-order valence-electron chi connectivity index (χ3n) is 8.27. The number of ether oxygens (including phenoxy) is 1. The molecule has 36 heavy (non-hydrogen) atoms. The standard InChI is InChI=1S/C18H24O2.C14H16O2/c1-18(2,3)20-17(19)11-16-14-8-4-6-12(14)10-13-7-5-9-15(13)16;15-14(16)8-13-11-5-1-3-9(11)7-10-4-2-6-12(10)13/h10H,4-9,11H2,1-3H3;7H,1-6,8H2,(H,15,16). The molecule has 0 unspecified atom stereocenters. The van der Waals surface area contributed by atoms with Gasteiger partial charge in [-0.25, -0.2) is 0 Å². The zero-order valence-corrected chi connectivity index (χ0v) is 22.2. The molecule has 0 fully saturated rings. The molecule has 4 aliphatic rings. The van der Waals surface area contributed by atoms with Gasteiger partial charge in [0.2, 0.25) is 0 Å². The molecule has 2 aromatic rings. The van der Waals surface area contributed by atoms with Gasteiger partial charge in [0.05, 0.1) is 12.8 Å². The van der Waals surface area contributed by atoms with E-state index in [0.29, 0.717) is 6.42 Å². The minimum absolute atomic E-state index is 0.0769. The van der Waals surface area contributed by atoms with Crippen molar-refractivity contribution in [3.8, 4) is 0 Å². The maximum Gasteiger partial charge on any atom is 0.310 e. The van der Waals surface area contributed by atoms with Gasteiger partial charge in [0.15, 0.2) is 0 Å². The molecule has 2 aromatic carbocycles. The van der Waals surface area contributed by atoms with Crippen molar-refractivity contribution in [2.24, 2.45) is 0 Å². The average molecular weight is 489 g/mol. The molecule has 0 aliphatic heterocycles. The third kappa shape index (κ3) is 5.23. The summed E-state index contributed by atoms with van der Waals surface area (Å²) in [5.41, 5.74) is 13.6. The second kappa shape index (κ2) is 10.0. The van der Waals surface area contributed by atoms with Gasteiger partial charge in [-0.15, -0.1) is 0 Å². The number of rotatable bonds is 4. The number of aliphatic carboxylic acids is 1. The van der Waals surface area contributed by atoms with E-state index in [-0.39, 0.29) is 12.4 Å². The summed E-state index contributed by atoms with van der Waals surface area (Å²) in [6, 6.07) is 4.75. The molecule has 4 aliphatic carbocycles. The second-order valence-electron chi connectivity index (χ2n) is 12.0. The summed E-state index contributed by atoms with van der Waals surface area (Å²) >= 11 is 0. The Morgan fingerprint density at radius 2 is 1.03 bits per heavy atom. The lowest BCUT2D eigenvalue weighted by molar-refractivity contribution is -0.154. The summed E-state index contributed by atoms with van der Waals surface area (Å²) in [5, 5.41) is 9.03. The Hall–Kier alpha value is -2.62. The highest BCUT2D eigenvalue weighted by atomic mass is 16.6. The lowest BCUT2D eigenvalue weighted by atomic mass is 9.92. The topological polar surface area (TPSA) is 63.6 Å². The number of hydrogen-bond donors (Lipinski definition) is 1. The summed E-state index contributed by atoms with van der Waals surface area (Å²) in [4.78, 5) is 23.2. The van der Waals surface area contributed by atoms with Gasteiger partial charge in [0, 0.05) is 0 Å². The van der Waals surface area contributed by atoms with E-state index >= 15 is 0 Å². The molecule has 0 saturated carbocycles. The quantitative estimate of drug-likeness (QED) is 0.549. The number of fused-ring (bicyclic) bond motifs is 4. The molecule has 1 N–H and O–H groups in total. The van der Waals surface area contributed by atoms with Crippen LogP contribution in [0.25, 0.3) is 0 Å². The van der Waals surface area contributed by atoms with E-state index in [0.717, 1.165) is 44.1 Å². The number of aryl methyl sites for hydroxylation is 4. The highest BCUT2D eigenvalue weighted by molar-refractivity contribution is 5.75. The number of hydrogen-bond acceptors (Lipinski definition) is 3. The first kappa shape index (κ1) is 25.0. The van der Waals surface area contributed by atoms with Crippen molar-refractivity contribution in [1.82, 2.24) is 0 Å². The van der Waals surface area contributed by atoms with Crippen LogP contribution < -0.4 is 0 Å². The summed E-state index contributed by atoms with van der Waals surface area (Å²) in [6.07, 6.45) is 14.7. The molecular formula is C32H40O4. The van der Waals surface area contributed by atoms with Gasteiger partial charge in [0.25, 0.3) is 0 Å². The SMILES string of the molecule is CC(C)(C)OC(=O)Cc1c2c(cc3c1CCC3)CCC2.O=C(O)Cc1c2c(cc3c1CCC3)CCC2. The summed E-state index contributed by atoms with van der Waals surface area (Å²) in [7, 11) is 0. The predicted molar refractivity (Wildman–Crippen MR) is 142 cm³/mol. The van der Waals surface area contributed by atoms with Crippen LogP contribution >= 0.6 is 0 Å². The Morgan fingerprint density at radius 1 is 0.667 bits per heavy atom. The van der Waals surface area contributed by atoms with Crippen LogP contribution in [0.4, 0.5) is 0 Å². The Bertz CT molecular complexity index is 1130. The van der Waals surface area contributed by atoms with Crippen LogP contribution in [0.2, 0.25) is 0 Å². The zero-order chi connectivity index (χ0) is 25.4. The number of benzene rings is 2. The van der Waals surface area contributed by atoms with Crippen molar-refractivity contribution in [2.45, 2.75) is 116 Å². The molecule has 0 bridgehead atoms. The monoisotopic (exact) mass is 488 g/mol. The van der Waals surface area contributed by atoms with Gasteiger partial charge in [-0.1, -0.05) is 12.1 Å². The first-order valence-electron chi connectivity index (χ1n) is 13.9. The van der Waals surface area contributed by atoms with Crippen LogP contribution in [-0.2, 0) is 78.5 Å². The van der Waals surface area contributed by atoms with Gasteiger partial charge in [-0.3, -0.25) is 9.59 Å². The summed E-state index contributed by atoms with van der Waals surface area (Å²) in [6.45, 7) is 5.81. The first-order valence-corrected chi connectivity index (χ1v) is 13.9. The van der Waals surface area contributed by atoms with Crippen LogP contribution in [0.5, 0.6) is 0 Å². The lowest BCUT2D eigenvalue weighted by Crippen LogP contribution is -2.25. The number of esters is 1. The highest BCUT2D eigenvalue weighted by Crippen LogP contribution is 2.36. The van der Waals surface area contributed by atoms with E-state index in [2.05, 4.69) is 12.1 Å². The Morgan fingerprint density at radius 3 is 1.36 bits per heavy atom. The molecule has 0 heterocycles. The fourth-order valence-electron chi connectivity index (χ4n) is 6.97. The van der Waals surface area contributed by atoms with E-state index < -0.39 is 11.6 Å². The fraction of sp³-hybridized carbons (Fsp3) is 0.562. The second-order valence-corrected chi connectivity index (χ2v) is 12.0. The average Bonchev–Trinajstić information content (AvgIpc) is 3.58. The Balaban J connectivity index is 0.000000152. The molecule has 0 saturated heterocycles. The van der Waals surface area contributed by atoms with Crippen LogP contribution in [0.15, 0.2) is 12.1 Å². The van der Waals surface area contributed by atoms with Crippen molar-refractivity contribution in [2.75, 3.05) is 0 Å². The molecule has 6 rings (SSSR count). The van der Waals surface area contributed by atoms with Gasteiger partial charge in [-0.05, 0) is 153 Å². The maximum atomic E-state index is 12.2. The number of carbonyl (C=O) groups is 2. The molecule has 0 aromatic heterocycles. The Kier molecular flexibility index (Phi) is 6.98. The van der Waals surface area contributed by atoms with E-state index in [1.165, 1.54) is 88.6 Å². The molecule has 0 spiro atoms. The molecule has 0 radical (unpaired) electrons. The van der Waals surface area contributed by atoms with Crippen molar-refractivity contribution >= 4 is 11.9 Å². The van der Waals surface area contributed by atoms with Crippen LogP contribution in [0.1, 0.15) is 102 Å². The van der Waals surface area contributed by atoms with Crippen LogP contribution in [-0.4, -0.2) is 22.6 Å². The highest BCUT2D eigenvalue weighted by Gasteiger charge is 2.27. The predicted octanol–water partition coefficient (Wildman–Crippen LogP) is 5.84. The van der Waals surface area contributed by atoms with Crippen molar-refractivity contribution in [1.29, 1.82) is 0 Å². The molecule has 4 nitrogen and oxygen atoms in total.